The van der Waals surface area contributed by atoms with Crippen molar-refractivity contribution in [1.29, 1.82) is 0 Å². The number of rotatable bonds is 5. The van der Waals surface area contributed by atoms with Crippen LogP contribution in [0.1, 0.15) is 23.5 Å². The molecule has 3 N–H and O–H groups in total. The smallest absolute Gasteiger partial charge is 0.297 e. The third-order valence-corrected chi connectivity index (χ3v) is 4.88. The van der Waals surface area contributed by atoms with E-state index in [4.69, 9.17) is 15.0 Å². The van der Waals surface area contributed by atoms with Gasteiger partial charge in [-0.3, -0.25) is 9.78 Å². The van der Waals surface area contributed by atoms with Crippen molar-refractivity contribution in [1.82, 2.24) is 15.1 Å². The van der Waals surface area contributed by atoms with Crippen molar-refractivity contribution in [2.75, 3.05) is 30.4 Å². The molecule has 10 heteroatoms. The Hall–Kier alpha value is -3.53. The molecule has 3 aromatic rings. The van der Waals surface area contributed by atoms with Crippen molar-refractivity contribution in [3.63, 3.8) is 0 Å². The van der Waals surface area contributed by atoms with E-state index in [1.807, 2.05) is 6.07 Å². The third-order valence-electron chi connectivity index (χ3n) is 4.88. The van der Waals surface area contributed by atoms with E-state index < -0.39 is 11.7 Å². The lowest BCUT2D eigenvalue weighted by Gasteiger charge is -2.33. The Labute approximate surface area is 172 Å². The first-order valence-corrected chi connectivity index (χ1v) is 9.49. The highest BCUT2D eigenvalue weighted by Gasteiger charge is 2.24. The molecule has 1 atom stereocenters. The number of nitrogens with one attached hydrogen (secondary N) is 1. The summed E-state index contributed by atoms with van der Waals surface area (Å²) in [5.74, 6) is -1.36. The fourth-order valence-corrected chi connectivity index (χ4v) is 3.47. The number of methoxy groups -OCH3 is 1. The van der Waals surface area contributed by atoms with Gasteiger partial charge in [-0.2, -0.15) is 4.98 Å². The van der Waals surface area contributed by atoms with Crippen molar-refractivity contribution in [3.05, 3.63) is 48.3 Å². The number of hydrogen-bond acceptors (Lipinski definition) is 8. The molecule has 1 amide bonds. The predicted molar refractivity (Wildman–Crippen MR) is 108 cm³/mol. The number of pyridine rings is 1. The van der Waals surface area contributed by atoms with Crippen LogP contribution in [0.25, 0.3) is 11.5 Å². The molecule has 1 aliphatic heterocycles. The Morgan fingerprint density at radius 2 is 2.27 bits per heavy atom. The molecule has 9 nitrogen and oxygen atoms in total. The summed E-state index contributed by atoms with van der Waals surface area (Å²) in [4.78, 5) is 22.9. The minimum atomic E-state index is -0.601. The Kier molecular flexibility index (Phi) is 5.57. The van der Waals surface area contributed by atoms with Crippen molar-refractivity contribution in [2.45, 2.75) is 18.9 Å². The van der Waals surface area contributed by atoms with Crippen LogP contribution in [0.4, 0.5) is 15.8 Å². The van der Waals surface area contributed by atoms with Crippen LogP contribution in [-0.2, 0) is 0 Å². The number of carbonyl (C=O) groups excluding carboxylic acids is 1. The summed E-state index contributed by atoms with van der Waals surface area (Å²) in [6, 6.07) is 6.20. The molecule has 0 spiro atoms. The second-order valence-corrected chi connectivity index (χ2v) is 6.94. The minimum Gasteiger partial charge on any atom is -0.496 e. The van der Waals surface area contributed by atoms with Crippen LogP contribution >= 0.6 is 0 Å². The zero-order chi connectivity index (χ0) is 21.1. The van der Waals surface area contributed by atoms with Gasteiger partial charge in [0.1, 0.15) is 17.1 Å². The first kappa shape index (κ1) is 19.8. The summed E-state index contributed by atoms with van der Waals surface area (Å²) < 4.78 is 24.5. The van der Waals surface area contributed by atoms with Gasteiger partial charge >= 0.3 is 0 Å². The lowest BCUT2D eigenvalue weighted by molar-refractivity contribution is 0.101. The molecular formula is C20H21FN6O3. The van der Waals surface area contributed by atoms with Crippen molar-refractivity contribution < 1.29 is 18.4 Å². The maximum Gasteiger partial charge on any atom is 0.297 e. The molecule has 0 saturated carbocycles. The third kappa shape index (κ3) is 3.94. The van der Waals surface area contributed by atoms with Crippen LogP contribution in [0, 0.1) is 5.82 Å². The van der Waals surface area contributed by atoms with Crippen LogP contribution in [0.15, 0.2) is 41.2 Å². The monoisotopic (exact) mass is 412 g/mol. The van der Waals surface area contributed by atoms with E-state index in [1.165, 1.54) is 19.2 Å². The maximum atomic E-state index is 14.2. The Morgan fingerprint density at radius 3 is 3.07 bits per heavy atom. The lowest BCUT2D eigenvalue weighted by Crippen LogP contribution is -2.43. The standard InChI is InChI=1S/C20H21FN6O3/c1-29-16-6-2-5-13(21)17(16)20-25-18(26-30-20)19(28)24-14-10-23-8-7-15(14)27-9-3-4-12(22)11-27/h2,5-8,10,12H,3-4,9,11,22H2,1H3,(H,24,28)/t12-/m0/s1. The lowest BCUT2D eigenvalue weighted by atomic mass is 10.1. The normalized spacial score (nSPS) is 16.4. The second-order valence-electron chi connectivity index (χ2n) is 6.94. The summed E-state index contributed by atoms with van der Waals surface area (Å²) in [6.07, 6.45) is 5.14. The quantitative estimate of drug-likeness (QED) is 0.656. The average molecular weight is 412 g/mol. The van der Waals surface area contributed by atoms with E-state index in [1.54, 1.807) is 18.5 Å². The maximum absolute atomic E-state index is 14.2. The Balaban J connectivity index is 1.57. The summed E-state index contributed by atoms with van der Waals surface area (Å²) in [7, 11) is 1.40. The van der Waals surface area contributed by atoms with Gasteiger partial charge in [-0.25, -0.2) is 4.39 Å². The van der Waals surface area contributed by atoms with Crippen LogP contribution in [0.3, 0.4) is 0 Å². The van der Waals surface area contributed by atoms with E-state index in [2.05, 4.69) is 25.3 Å². The van der Waals surface area contributed by atoms with Gasteiger partial charge in [0, 0.05) is 25.3 Å². The van der Waals surface area contributed by atoms with Gasteiger partial charge in [0.05, 0.1) is 24.7 Å². The minimum absolute atomic E-state index is 0.00378. The molecule has 1 aromatic carbocycles. The molecular weight excluding hydrogens is 391 g/mol. The van der Waals surface area contributed by atoms with Gasteiger partial charge in [0.25, 0.3) is 17.6 Å². The molecule has 0 bridgehead atoms. The summed E-state index contributed by atoms with van der Waals surface area (Å²) in [5, 5.41) is 6.44. The number of nitrogens with zero attached hydrogens (tertiary/aromatic N) is 4. The van der Waals surface area contributed by atoms with E-state index in [0.29, 0.717) is 12.2 Å². The highest BCUT2D eigenvalue weighted by molar-refractivity contribution is 6.03. The number of amides is 1. The molecule has 30 heavy (non-hydrogen) atoms. The van der Waals surface area contributed by atoms with Crippen molar-refractivity contribution >= 4 is 17.3 Å². The fraction of sp³-hybridized carbons (Fsp3) is 0.300. The summed E-state index contributed by atoms with van der Waals surface area (Å²) >= 11 is 0. The molecule has 1 saturated heterocycles. The molecule has 0 aliphatic carbocycles. The highest BCUT2D eigenvalue weighted by Crippen LogP contribution is 2.31. The summed E-state index contributed by atoms with van der Waals surface area (Å²) in [5.41, 5.74) is 7.40. The number of carbonyl (C=O) groups is 1. The number of halogens is 1. The molecule has 0 unspecified atom stereocenters. The number of hydrogen-bond donors (Lipinski definition) is 2. The van der Waals surface area contributed by atoms with Gasteiger partial charge in [-0.15, -0.1) is 0 Å². The second kappa shape index (κ2) is 8.46. The number of nitrogens with two attached hydrogens (primary N) is 1. The molecule has 3 heterocycles. The number of aromatic nitrogens is 3. The first-order valence-electron chi connectivity index (χ1n) is 9.49. The number of ether oxygens (including phenoxy) is 1. The van der Waals surface area contributed by atoms with E-state index >= 15 is 0 Å². The zero-order valence-corrected chi connectivity index (χ0v) is 16.3. The van der Waals surface area contributed by atoms with Crippen LogP contribution in [0.5, 0.6) is 5.75 Å². The average Bonchev–Trinajstić information content (AvgIpc) is 3.24. The van der Waals surface area contributed by atoms with Crippen LogP contribution < -0.4 is 20.7 Å². The van der Waals surface area contributed by atoms with Gasteiger partial charge in [0.2, 0.25) is 0 Å². The van der Waals surface area contributed by atoms with Gasteiger partial charge in [0.15, 0.2) is 0 Å². The number of anilines is 2. The fourth-order valence-electron chi connectivity index (χ4n) is 3.47. The van der Waals surface area contributed by atoms with E-state index in [-0.39, 0.29) is 29.1 Å². The van der Waals surface area contributed by atoms with Crippen LogP contribution in [0.2, 0.25) is 0 Å². The van der Waals surface area contributed by atoms with Gasteiger partial charge in [-0.1, -0.05) is 11.2 Å². The molecule has 1 aliphatic rings. The highest BCUT2D eigenvalue weighted by atomic mass is 19.1. The zero-order valence-electron chi connectivity index (χ0n) is 16.3. The summed E-state index contributed by atoms with van der Waals surface area (Å²) in [6.45, 7) is 1.52. The van der Waals surface area contributed by atoms with Crippen molar-refractivity contribution in [3.8, 4) is 17.2 Å². The SMILES string of the molecule is COc1cccc(F)c1-c1nc(C(=O)Nc2cnccc2N2CCC[C@H](N)C2)no1. The Morgan fingerprint density at radius 1 is 1.40 bits per heavy atom. The molecule has 1 fully saturated rings. The Bertz CT molecular complexity index is 1060. The molecule has 2 aromatic heterocycles. The number of benzene rings is 1. The van der Waals surface area contributed by atoms with E-state index in [0.717, 1.165) is 25.1 Å². The van der Waals surface area contributed by atoms with Crippen LogP contribution in [-0.4, -0.2) is 47.3 Å². The predicted octanol–water partition coefficient (Wildman–Crippen LogP) is 2.46. The molecule has 4 rings (SSSR count). The largest absolute Gasteiger partial charge is 0.496 e. The first-order chi connectivity index (χ1) is 14.6. The molecule has 156 valence electrons. The number of piperidine rings is 1. The van der Waals surface area contributed by atoms with Gasteiger partial charge in [-0.05, 0) is 31.0 Å². The van der Waals surface area contributed by atoms with Crippen molar-refractivity contribution in [2.24, 2.45) is 5.73 Å². The molecule has 0 radical (unpaired) electrons. The van der Waals surface area contributed by atoms with E-state index in [9.17, 15) is 9.18 Å². The topological polar surface area (TPSA) is 119 Å². The van der Waals surface area contributed by atoms with Gasteiger partial charge < -0.3 is 25.2 Å².